The second-order valence-electron chi connectivity index (χ2n) is 7.98. The Kier molecular flexibility index (Phi) is 7.18. The maximum absolute atomic E-state index is 12.3. The van der Waals surface area contributed by atoms with Crippen molar-refractivity contribution in [2.45, 2.75) is 65.3 Å². The number of hydrogen-bond acceptors (Lipinski definition) is 5. The number of nitrogens with one attached hydrogen (secondary N) is 2. The summed E-state index contributed by atoms with van der Waals surface area (Å²) >= 11 is 6.02. The maximum Gasteiger partial charge on any atom is 0.253 e. The van der Waals surface area contributed by atoms with E-state index in [1.54, 1.807) is 18.2 Å². The van der Waals surface area contributed by atoms with Gasteiger partial charge in [0, 0.05) is 29.3 Å². The standard InChI is InChI=1S/C20H27ClN4O3/c1-12(2)22-18(27)14-10-9-13(21)11-15(14)23-16(26)7-6-8-17-24-19(25-28-17)20(3,4)5/h9-12H,6-8H2,1-5H3,(H,22,27)(H,23,26). The summed E-state index contributed by atoms with van der Waals surface area (Å²) in [7, 11) is 0. The normalized spacial score (nSPS) is 11.5. The van der Waals surface area contributed by atoms with E-state index in [4.69, 9.17) is 16.1 Å². The molecule has 2 amide bonds. The summed E-state index contributed by atoms with van der Waals surface area (Å²) in [4.78, 5) is 29.0. The second-order valence-corrected chi connectivity index (χ2v) is 8.42. The van der Waals surface area contributed by atoms with E-state index < -0.39 is 0 Å². The van der Waals surface area contributed by atoms with Gasteiger partial charge in [-0.15, -0.1) is 0 Å². The molecule has 0 spiro atoms. The third-order valence-corrected chi connectivity index (χ3v) is 4.09. The molecular formula is C20H27ClN4O3. The third-order valence-electron chi connectivity index (χ3n) is 3.85. The van der Waals surface area contributed by atoms with Gasteiger partial charge in [-0.1, -0.05) is 37.5 Å². The quantitative estimate of drug-likeness (QED) is 0.720. The van der Waals surface area contributed by atoms with Crippen molar-refractivity contribution in [1.29, 1.82) is 0 Å². The van der Waals surface area contributed by atoms with Crippen molar-refractivity contribution in [3.05, 3.63) is 40.5 Å². The number of halogens is 1. The molecule has 0 aliphatic rings. The molecule has 0 fully saturated rings. The SMILES string of the molecule is CC(C)NC(=O)c1ccc(Cl)cc1NC(=O)CCCc1nc(C(C)(C)C)no1. The Morgan fingerprint density at radius 2 is 1.96 bits per heavy atom. The molecule has 0 unspecified atom stereocenters. The summed E-state index contributed by atoms with van der Waals surface area (Å²) in [5.41, 5.74) is 0.584. The van der Waals surface area contributed by atoms with E-state index in [0.29, 0.717) is 40.8 Å². The Bertz CT molecular complexity index is 840. The highest BCUT2D eigenvalue weighted by atomic mass is 35.5. The molecule has 2 rings (SSSR count). The minimum Gasteiger partial charge on any atom is -0.350 e. The molecule has 0 atom stereocenters. The van der Waals surface area contributed by atoms with Gasteiger partial charge >= 0.3 is 0 Å². The molecule has 0 saturated carbocycles. The number of carbonyl (C=O) groups is 2. The molecule has 7 nitrogen and oxygen atoms in total. The highest BCUT2D eigenvalue weighted by Crippen LogP contribution is 2.22. The van der Waals surface area contributed by atoms with Crippen LogP contribution in [-0.2, 0) is 16.6 Å². The average molecular weight is 407 g/mol. The van der Waals surface area contributed by atoms with E-state index in [2.05, 4.69) is 20.8 Å². The fourth-order valence-electron chi connectivity index (χ4n) is 2.43. The van der Waals surface area contributed by atoms with Crippen LogP contribution >= 0.6 is 11.6 Å². The van der Waals surface area contributed by atoms with Crippen molar-refractivity contribution < 1.29 is 14.1 Å². The van der Waals surface area contributed by atoms with Gasteiger partial charge in [-0.25, -0.2) is 0 Å². The molecular weight excluding hydrogens is 380 g/mol. The zero-order valence-corrected chi connectivity index (χ0v) is 17.7. The molecule has 0 radical (unpaired) electrons. The van der Waals surface area contributed by atoms with Crippen LogP contribution < -0.4 is 10.6 Å². The number of aromatic nitrogens is 2. The number of aryl methyl sites for hydroxylation is 1. The van der Waals surface area contributed by atoms with Crippen LogP contribution in [0.5, 0.6) is 0 Å². The monoisotopic (exact) mass is 406 g/mol. The topological polar surface area (TPSA) is 97.1 Å². The van der Waals surface area contributed by atoms with Crippen LogP contribution in [0, 0.1) is 0 Å². The second kappa shape index (κ2) is 9.19. The molecule has 1 aromatic heterocycles. The highest BCUT2D eigenvalue weighted by molar-refractivity contribution is 6.31. The van der Waals surface area contributed by atoms with Gasteiger partial charge in [0.05, 0.1) is 11.3 Å². The number of hydrogen-bond donors (Lipinski definition) is 2. The maximum atomic E-state index is 12.3. The lowest BCUT2D eigenvalue weighted by Gasteiger charge is -2.13. The Morgan fingerprint density at radius 1 is 1.25 bits per heavy atom. The number of amides is 2. The number of anilines is 1. The van der Waals surface area contributed by atoms with Gasteiger partial charge in [0.15, 0.2) is 5.82 Å². The van der Waals surface area contributed by atoms with Crippen LogP contribution in [0.1, 0.15) is 69.5 Å². The lowest BCUT2D eigenvalue weighted by molar-refractivity contribution is -0.116. The zero-order valence-electron chi connectivity index (χ0n) is 16.9. The first-order valence-corrected chi connectivity index (χ1v) is 9.67. The van der Waals surface area contributed by atoms with Crippen LogP contribution in [-0.4, -0.2) is 28.0 Å². The predicted octanol–water partition coefficient (Wildman–Crippen LogP) is 4.12. The fourth-order valence-corrected chi connectivity index (χ4v) is 2.60. The number of benzene rings is 1. The van der Waals surface area contributed by atoms with Crippen LogP contribution in [0.2, 0.25) is 5.02 Å². The molecule has 0 aliphatic heterocycles. The zero-order chi connectivity index (χ0) is 20.9. The molecule has 0 saturated heterocycles. The van der Waals surface area contributed by atoms with Crippen LogP contribution in [0.4, 0.5) is 5.69 Å². The molecule has 2 N–H and O–H groups in total. The van der Waals surface area contributed by atoms with Crippen molar-refractivity contribution in [2.24, 2.45) is 0 Å². The minimum atomic E-state index is -0.262. The van der Waals surface area contributed by atoms with Gasteiger partial charge in [0.25, 0.3) is 5.91 Å². The van der Waals surface area contributed by atoms with Gasteiger partial charge in [0.2, 0.25) is 11.8 Å². The summed E-state index contributed by atoms with van der Waals surface area (Å²) in [6, 6.07) is 4.78. The van der Waals surface area contributed by atoms with Gasteiger partial charge in [-0.3, -0.25) is 9.59 Å². The largest absolute Gasteiger partial charge is 0.350 e. The Hall–Kier alpha value is -2.41. The van der Waals surface area contributed by atoms with Gasteiger partial charge in [0.1, 0.15) is 0 Å². The van der Waals surface area contributed by atoms with Crippen molar-refractivity contribution in [3.8, 4) is 0 Å². The highest BCUT2D eigenvalue weighted by Gasteiger charge is 2.21. The summed E-state index contributed by atoms with van der Waals surface area (Å²) < 4.78 is 5.23. The number of carbonyl (C=O) groups excluding carboxylic acids is 2. The van der Waals surface area contributed by atoms with Crippen molar-refractivity contribution in [1.82, 2.24) is 15.5 Å². The van der Waals surface area contributed by atoms with Crippen LogP contribution in [0.25, 0.3) is 0 Å². The van der Waals surface area contributed by atoms with E-state index in [0.717, 1.165) is 0 Å². The summed E-state index contributed by atoms with van der Waals surface area (Å²) in [6.07, 6.45) is 1.31. The lowest BCUT2D eigenvalue weighted by atomic mass is 9.96. The Morgan fingerprint density at radius 3 is 2.57 bits per heavy atom. The predicted molar refractivity (Wildman–Crippen MR) is 109 cm³/mol. The van der Waals surface area contributed by atoms with Crippen LogP contribution in [0.3, 0.4) is 0 Å². The summed E-state index contributed by atoms with van der Waals surface area (Å²) in [6.45, 7) is 9.76. The summed E-state index contributed by atoms with van der Waals surface area (Å²) in [5.74, 6) is 0.683. The van der Waals surface area contributed by atoms with E-state index in [1.165, 1.54) is 0 Å². The van der Waals surface area contributed by atoms with E-state index in [-0.39, 0.29) is 29.7 Å². The molecule has 8 heteroatoms. The van der Waals surface area contributed by atoms with E-state index >= 15 is 0 Å². The molecule has 152 valence electrons. The molecule has 0 aliphatic carbocycles. The lowest BCUT2D eigenvalue weighted by Crippen LogP contribution is -2.31. The molecule has 28 heavy (non-hydrogen) atoms. The molecule has 0 bridgehead atoms. The van der Waals surface area contributed by atoms with Crippen molar-refractivity contribution in [3.63, 3.8) is 0 Å². The van der Waals surface area contributed by atoms with Gasteiger partial charge < -0.3 is 15.2 Å². The molecule has 1 heterocycles. The molecule has 1 aromatic carbocycles. The van der Waals surface area contributed by atoms with Crippen molar-refractivity contribution in [2.75, 3.05) is 5.32 Å². The van der Waals surface area contributed by atoms with E-state index in [9.17, 15) is 9.59 Å². The fraction of sp³-hybridized carbons (Fsp3) is 0.500. The first kappa shape index (κ1) is 21.9. The van der Waals surface area contributed by atoms with E-state index in [1.807, 2.05) is 34.6 Å². The molecule has 2 aromatic rings. The van der Waals surface area contributed by atoms with Gasteiger partial charge in [-0.05, 0) is 38.5 Å². The smallest absolute Gasteiger partial charge is 0.253 e. The minimum absolute atomic E-state index is 0.0147. The Balaban J connectivity index is 1.95. The third kappa shape index (κ3) is 6.34. The first-order valence-electron chi connectivity index (χ1n) is 9.29. The number of rotatable bonds is 7. The average Bonchev–Trinajstić information content (AvgIpc) is 3.03. The number of nitrogens with zero attached hydrogens (tertiary/aromatic N) is 2. The van der Waals surface area contributed by atoms with Gasteiger partial charge in [-0.2, -0.15) is 4.98 Å². The first-order chi connectivity index (χ1) is 13.1. The van der Waals surface area contributed by atoms with Crippen LogP contribution in [0.15, 0.2) is 22.7 Å². The summed E-state index contributed by atoms with van der Waals surface area (Å²) in [5, 5.41) is 9.99. The van der Waals surface area contributed by atoms with Crippen molar-refractivity contribution >= 4 is 29.1 Å². The Labute approximate surface area is 170 Å².